The summed E-state index contributed by atoms with van der Waals surface area (Å²) in [5, 5.41) is 3.27. The Bertz CT molecular complexity index is 499. The van der Waals surface area contributed by atoms with E-state index in [9.17, 15) is 4.79 Å². The number of benzene rings is 1. The fourth-order valence-electron chi connectivity index (χ4n) is 3.11. The van der Waals surface area contributed by atoms with E-state index >= 15 is 0 Å². The number of hydrogen-bond acceptors (Lipinski definition) is 4. The Balaban J connectivity index is 2.94. The molecule has 0 heterocycles. The van der Waals surface area contributed by atoms with Gasteiger partial charge in [-0.1, -0.05) is 18.2 Å². The third-order valence-electron chi connectivity index (χ3n) is 3.89. The number of amides is 1. The Morgan fingerprint density at radius 1 is 0.885 bits per heavy atom. The summed E-state index contributed by atoms with van der Waals surface area (Å²) in [6.07, 6.45) is 0. The Hall–Kier alpha value is -1.16. The number of rotatable bonds is 10. The van der Waals surface area contributed by atoms with Crippen LogP contribution in [-0.4, -0.2) is 46.0 Å². The van der Waals surface area contributed by atoms with Gasteiger partial charge in [-0.3, -0.25) is 4.79 Å². The molecule has 0 atom stereocenters. The van der Waals surface area contributed by atoms with E-state index in [0.717, 1.165) is 0 Å². The second-order valence-corrected chi connectivity index (χ2v) is 9.29. The maximum Gasteiger partial charge on any atom is 0.263 e. The molecule has 0 aromatic heterocycles. The molecule has 1 aromatic carbocycles. The summed E-state index contributed by atoms with van der Waals surface area (Å²) in [6, 6.07) is 10.8. The quantitative estimate of drug-likeness (QED) is 0.600. The van der Waals surface area contributed by atoms with Crippen LogP contribution in [-0.2, 0) is 4.79 Å². The summed E-state index contributed by atoms with van der Waals surface area (Å²) >= 11 is 0. The average molecular weight is 382 g/mol. The van der Waals surface area contributed by atoms with E-state index < -0.39 is 8.37 Å². The van der Waals surface area contributed by atoms with Gasteiger partial charge in [-0.15, -0.1) is 0 Å². The van der Waals surface area contributed by atoms with Gasteiger partial charge in [0.05, 0.1) is 0 Å². The lowest BCUT2D eigenvalue weighted by molar-refractivity contribution is -0.121. The first-order valence-corrected chi connectivity index (χ1v) is 10.7. The van der Waals surface area contributed by atoms with Gasteiger partial charge in [0.1, 0.15) is 14.1 Å². The molecule has 0 aliphatic heterocycles. The highest BCUT2D eigenvalue weighted by atomic mass is 31.1. The van der Waals surface area contributed by atoms with Crippen molar-refractivity contribution < 1.29 is 9.53 Å². The van der Waals surface area contributed by atoms with Gasteiger partial charge in [0.15, 0.2) is 6.61 Å². The van der Waals surface area contributed by atoms with E-state index in [-0.39, 0.29) is 12.5 Å². The van der Waals surface area contributed by atoms with Gasteiger partial charge in [0, 0.05) is 24.2 Å². The smallest absolute Gasteiger partial charge is 0.263 e. The minimum Gasteiger partial charge on any atom is -0.484 e. The Kier molecular flexibility index (Phi) is 9.56. The lowest BCUT2D eigenvalue weighted by Gasteiger charge is -2.46. The number of para-hydroxylation sites is 1. The zero-order valence-corrected chi connectivity index (χ0v) is 18.5. The van der Waals surface area contributed by atoms with Crippen molar-refractivity contribution in [1.82, 2.24) is 14.4 Å². The van der Waals surface area contributed by atoms with E-state index in [4.69, 9.17) is 4.74 Å². The Morgan fingerprint density at radius 3 is 1.69 bits per heavy atom. The maximum absolute atomic E-state index is 12.7. The van der Waals surface area contributed by atoms with Crippen molar-refractivity contribution in [3.05, 3.63) is 30.3 Å². The topological polar surface area (TPSA) is 44.8 Å². The minimum absolute atomic E-state index is 0.0247. The van der Waals surface area contributed by atoms with E-state index in [1.165, 1.54) is 0 Å². The molecule has 5 nitrogen and oxygen atoms in total. The van der Waals surface area contributed by atoms with Gasteiger partial charge in [-0.25, -0.2) is 9.34 Å². The molecule has 148 valence electrons. The van der Waals surface area contributed by atoms with Crippen LogP contribution in [0.4, 0.5) is 0 Å². The van der Waals surface area contributed by atoms with Crippen LogP contribution < -0.4 is 9.82 Å². The summed E-state index contributed by atoms with van der Waals surface area (Å²) < 4.78 is 10.4. The highest BCUT2D eigenvalue weighted by Gasteiger charge is 2.34. The zero-order chi connectivity index (χ0) is 19.9. The van der Waals surface area contributed by atoms with E-state index in [1.54, 1.807) is 0 Å². The molecule has 1 amide bonds. The number of nitrogens with zero attached hydrogens (tertiary/aromatic N) is 2. The van der Waals surface area contributed by atoms with E-state index in [2.05, 4.69) is 69.8 Å². The lowest BCUT2D eigenvalue weighted by Crippen LogP contribution is -2.48. The molecule has 0 aliphatic rings. The second-order valence-electron chi connectivity index (χ2n) is 7.56. The van der Waals surface area contributed by atoms with Crippen molar-refractivity contribution in [2.24, 2.45) is 0 Å². The van der Waals surface area contributed by atoms with Crippen LogP contribution in [0, 0.1) is 0 Å². The number of ether oxygens (including phenoxy) is 1. The van der Waals surface area contributed by atoms with Gasteiger partial charge >= 0.3 is 0 Å². The molecule has 26 heavy (non-hydrogen) atoms. The van der Waals surface area contributed by atoms with Crippen LogP contribution in [0.15, 0.2) is 30.3 Å². The third-order valence-corrected chi connectivity index (χ3v) is 7.06. The second kappa shape index (κ2) is 10.9. The first kappa shape index (κ1) is 22.9. The summed E-state index contributed by atoms with van der Waals surface area (Å²) in [7, 11) is -0.978. The van der Waals surface area contributed by atoms with Gasteiger partial charge in [0.2, 0.25) is 0 Å². The SMILES string of the molecule is CC(C)N(C(C)C)P(NC(=O)COc1ccccc1)N(C(C)C)C(C)C. The normalized spacial score (nSPS) is 12.3. The fourth-order valence-corrected chi connectivity index (χ4v) is 5.62. The van der Waals surface area contributed by atoms with Crippen LogP contribution in [0.3, 0.4) is 0 Å². The van der Waals surface area contributed by atoms with Gasteiger partial charge in [0.25, 0.3) is 5.91 Å². The summed E-state index contributed by atoms with van der Waals surface area (Å²) in [6.45, 7) is 17.5. The van der Waals surface area contributed by atoms with E-state index in [1.807, 2.05) is 30.3 Å². The molecule has 0 saturated heterocycles. The molecular formula is C20H36N3O2P. The van der Waals surface area contributed by atoms with Crippen LogP contribution in [0.2, 0.25) is 0 Å². The van der Waals surface area contributed by atoms with Crippen LogP contribution >= 0.6 is 8.37 Å². The van der Waals surface area contributed by atoms with Crippen LogP contribution in [0.5, 0.6) is 5.75 Å². The highest BCUT2D eigenvalue weighted by Crippen LogP contribution is 2.46. The van der Waals surface area contributed by atoms with E-state index in [0.29, 0.717) is 29.9 Å². The van der Waals surface area contributed by atoms with Gasteiger partial charge < -0.3 is 9.82 Å². The Morgan fingerprint density at radius 2 is 1.31 bits per heavy atom. The van der Waals surface area contributed by atoms with Crippen LogP contribution in [0.1, 0.15) is 55.4 Å². The molecule has 1 rings (SSSR count). The third kappa shape index (κ3) is 6.86. The monoisotopic (exact) mass is 381 g/mol. The molecule has 0 bridgehead atoms. The number of carbonyl (C=O) groups is 1. The Labute approximate surface area is 161 Å². The van der Waals surface area contributed by atoms with Crippen molar-refractivity contribution >= 4 is 14.3 Å². The largest absolute Gasteiger partial charge is 0.484 e. The fraction of sp³-hybridized carbons (Fsp3) is 0.650. The molecule has 1 aromatic rings. The first-order valence-electron chi connectivity index (χ1n) is 9.49. The molecule has 0 fully saturated rings. The molecule has 0 aliphatic carbocycles. The molecule has 0 saturated carbocycles. The molecule has 1 N–H and O–H groups in total. The zero-order valence-electron chi connectivity index (χ0n) is 17.6. The number of carbonyl (C=O) groups excluding carboxylic acids is 1. The molecule has 6 heteroatoms. The summed E-state index contributed by atoms with van der Waals surface area (Å²) in [5.74, 6) is 0.624. The van der Waals surface area contributed by atoms with Crippen molar-refractivity contribution in [2.45, 2.75) is 79.6 Å². The summed E-state index contributed by atoms with van der Waals surface area (Å²) in [4.78, 5) is 12.7. The number of nitrogens with one attached hydrogen (secondary N) is 1. The van der Waals surface area contributed by atoms with Crippen molar-refractivity contribution in [3.8, 4) is 5.75 Å². The van der Waals surface area contributed by atoms with Crippen molar-refractivity contribution in [1.29, 1.82) is 0 Å². The van der Waals surface area contributed by atoms with Crippen molar-refractivity contribution in [2.75, 3.05) is 6.61 Å². The predicted octanol–water partition coefficient (Wildman–Crippen LogP) is 4.65. The lowest BCUT2D eigenvalue weighted by atomic mass is 10.3. The number of hydrogen-bond donors (Lipinski definition) is 1. The molecule has 0 unspecified atom stereocenters. The van der Waals surface area contributed by atoms with Crippen molar-refractivity contribution in [3.63, 3.8) is 0 Å². The minimum atomic E-state index is -0.978. The maximum atomic E-state index is 12.7. The molecule has 0 radical (unpaired) electrons. The average Bonchev–Trinajstić information content (AvgIpc) is 2.52. The molecular weight excluding hydrogens is 345 g/mol. The van der Waals surface area contributed by atoms with Gasteiger partial charge in [-0.2, -0.15) is 0 Å². The first-order chi connectivity index (χ1) is 12.1. The highest BCUT2D eigenvalue weighted by molar-refractivity contribution is 7.51. The van der Waals surface area contributed by atoms with Gasteiger partial charge in [-0.05, 0) is 67.5 Å². The molecule has 0 spiro atoms. The standard InChI is InChI=1S/C20H36N3O2P/c1-15(2)22(16(3)4)26(23(17(5)6)18(7)8)21-20(24)14-25-19-12-10-9-11-13-19/h9-13,15-18H,14H2,1-8H3,(H,21,24). The predicted molar refractivity (Wildman–Crippen MR) is 111 cm³/mol. The summed E-state index contributed by atoms with van der Waals surface area (Å²) in [5.41, 5.74) is 0. The van der Waals surface area contributed by atoms with Crippen LogP contribution in [0.25, 0.3) is 0 Å².